The largest absolute Gasteiger partial charge is 0.348 e. The van der Waals surface area contributed by atoms with Crippen molar-refractivity contribution >= 4 is 5.91 Å². The van der Waals surface area contributed by atoms with Crippen molar-refractivity contribution in [3.05, 3.63) is 53.6 Å². The Morgan fingerprint density at radius 2 is 1.96 bits per heavy atom. The molecular weight excluding hydrogens is 319 g/mol. The first kappa shape index (κ1) is 17.6. The summed E-state index contributed by atoms with van der Waals surface area (Å²) in [5.74, 6) is 0.227. The number of amides is 1. The molecule has 3 rings (SSSR count). The van der Waals surface area contributed by atoms with Gasteiger partial charge in [0.1, 0.15) is 5.82 Å². The molecule has 0 spiro atoms. The van der Waals surface area contributed by atoms with Crippen LogP contribution in [0.2, 0.25) is 0 Å². The molecule has 1 aliphatic heterocycles. The number of rotatable bonds is 5. The summed E-state index contributed by atoms with van der Waals surface area (Å²) in [5, 5.41) is 7.48. The van der Waals surface area contributed by atoms with Crippen LogP contribution in [0.25, 0.3) is 0 Å². The molecule has 0 aliphatic carbocycles. The van der Waals surface area contributed by atoms with Crippen molar-refractivity contribution in [1.29, 1.82) is 0 Å². The van der Waals surface area contributed by atoms with Crippen molar-refractivity contribution in [2.45, 2.75) is 31.7 Å². The van der Waals surface area contributed by atoms with Gasteiger partial charge in [-0.3, -0.25) is 14.4 Å². The van der Waals surface area contributed by atoms with Crippen LogP contribution in [0.3, 0.4) is 0 Å². The van der Waals surface area contributed by atoms with Crippen LogP contribution < -0.4 is 5.32 Å². The number of nitrogens with zero attached hydrogens (tertiary/aromatic N) is 3. The summed E-state index contributed by atoms with van der Waals surface area (Å²) in [5.41, 5.74) is 2.06. The molecule has 1 atom stereocenters. The van der Waals surface area contributed by atoms with Gasteiger partial charge in [0, 0.05) is 19.2 Å². The summed E-state index contributed by atoms with van der Waals surface area (Å²) in [6.45, 7) is 4.12. The van der Waals surface area contributed by atoms with Gasteiger partial charge in [-0.05, 0) is 56.6 Å². The minimum Gasteiger partial charge on any atom is -0.348 e. The van der Waals surface area contributed by atoms with Crippen LogP contribution in [-0.4, -0.2) is 40.2 Å². The third-order valence-corrected chi connectivity index (χ3v) is 4.85. The molecule has 6 heteroatoms. The van der Waals surface area contributed by atoms with Gasteiger partial charge < -0.3 is 5.32 Å². The molecule has 1 unspecified atom stereocenters. The fourth-order valence-electron chi connectivity index (χ4n) is 3.36. The molecule has 25 heavy (non-hydrogen) atoms. The lowest BCUT2D eigenvalue weighted by Crippen LogP contribution is -2.41. The third kappa shape index (κ3) is 4.66. The summed E-state index contributed by atoms with van der Waals surface area (Å²) in [4.78, 5) is 14.5. The normalized spacial score (nSPS) is 17.4. The smallest absolute Gasteiger partial charge is 0.234 e. The van der Waals surface area contributed by atoms with Crippen LogP contribution in [0.1, 0.15) is 43.0 Å². The molecular formula is C19H25FN4O. The van der Waals surface area contributed by atoms with E-state index in [-0.39, 0.29) is 17.8 Å². The molecule has 1 amide bonds. The van der Waals surface area contributed by atoms with Gasteiger partial charge in [0.05, 0.1) is 18.3 Å². The predicted octanol–water partition coefficient (Wildman–Crippen LogP) is 2.62. The average molecular weight is 344 g/mol. The summed E-state index contributed by atoms with van der Waals surface area (Å²) in [6.07, 6.45) is 4.03. The number of aryl methyl sites for hydroxylation is 1. The van der Waals surface area contributed by atoms with Crippen LogP contribution >= 0.6 is 0 Å². The van der Waals surface area contributed by atoms with Crippen molar-refractivity contribution in [1.82, 2.24) is 20.0 Å². The standard InChI is InChI=1S/C19H25FN4O/c1-14(15-3-5-17(20)6-4-15)21-19(25)13-24-11-7-16(8-12-24)18-9-10-23(2)22-18/h3-6,9-10,14,16H,7-8,11-13H2,1-2H3,(H,21,25). The highest BCUT2D eigenvalue weighted by molar-refractivity contribution is 5.78. The molecule has 1 fully saturated rings. The Morgan fingerprint density at radius 3 is 2.56 bits per heavy atom. The minimum atomic E-state index is -0.266. The Bertz CT molecular complexity index is 704. The molecule has 5 nitrogen and oxygen atoms in total. The molecule has 2 heterocycles. The van der Waals surface area contributed by atoms with E-state index in [2.05, 4.69) is 21.4 Å². The molecule has 1 aromatic heterocycles. The lowest BCUT2D eigenvalue weighted by atomic mass is 9.94. The number of halogens is 1. The topological polar surface area (TPSA) is 50.2 Å². The van der Waals surface area contributed by atoms with Gasteiger partial charge in [-0.2, -0.15) is 5.10 Å². The highest BCUT2D eigenvalue weighted by Gasteiger charge is 2.23. The van der Waals surface area contributed by atoms with Gasteiger partial charge in [0.2, 0.25) is 5.91 Å². The molecule has 1 saturated heterocycles. The molecule has 0 saturated carbocycles. The Kier molecular flexibility index (Phi) is 5.48. The first-order chi connectivity index (χ1) is 12.0. The second kappa shape index (κ2) is 7.78. The fraction of sp³-hybridized carbons (Fsp3) is 0.474. The second-order valence-electron chi connectivity index (χ2n) is 6.81. The zero-order valence-corrected chi connectivity index (χ0v) is 14.8. The number of carbonyl (C=O) groups excluding carboxylic acids is 1. The Hall–Kier alpha value is -2.21. The van der Waals surface area contributed by atoms with Crippen molar-refractivity contribution in [2.75, 3.05) is 19.6 Å². The number of likely N-dealkylation sites (tertiary alicyclic amines) is 1. The van der Waals surface area contributed by atoms with Crippen LogP contribution in [-0.2, 0) is 11.8 Å². The molecule has 1 aliphatic rings. The molecule has 1 N–H and O–H groups in total. The van der Waals surface area contributed by atoms with E-state index in [4.69, 9.17) is 0 Å². The van der Waals surface area contributed by atoms with E-state index in [1.165, 1.54) is 12.1 Å². The zero-order chi connectivity index (χ0) is 17.8. The number of aromatic nitrogens is 2. The third-order valence-electron chi connectivity index (χ3n) is 4.85. The van der Waals surface area contributed by atoms with Gasteiger partial charge in [-0.15, -0.1) is 0 Å². The SMILES string of the molecule is CC(NC(=O)CN1CCC(c2ccn(C)n2)CC1)c1ccc(F)cc1. The number of piperidine rings is 1. The summed E-state index contributed by atoms with van der Waals surface area (Å²) >= 11 is 0. The summed E-state index contributed by atoms with van der Waals surface area (Å²) < 4.78 is 14.8. The second-order valence-corrected chi connectivity index (χ2v) is 6.81. The number of nitrogens with one attached hydrogen (secondary N) is 1. The molecule has 0 radical (unpaired) electrons. The Labute approximate surface area is 147 Å². The van der Waals surface area contributed by atoms with Crippen molar-refractivity contribution in [2.24, 2.45) is 7.05 Å². The van der Waals surface area contributed by atoms with Gasteiger partial charge in [0.25, 0.3) is 0 Å². The van der Waals surface area contributed by atoms with Crippen LogP contribution in [0.15, 0.2) is 36.5 Å². The minimum absolute atomic E-state index is 0.00751. The maximum Gasteiger partial charge on any atom is 0.234 e. The van der Waals surface area contributed by atoms with E-state index in [1.54, 1.807) is 12.1 Å². The zero-order valence-electron chi connectivity index (χ0n) is 14.8. The maximum absolute atomic E-state index is 13.0. The Balaban J connectivity index is 1.45. The van der Waals surface area contributed by atoms with E-state index >= 15 is 0 Å². The van der Waals surface area contributed by atoms with Gasteiger partial charge >= 0.3 is 0 Å². The monoisotopic (exact) mass is 344 g/mol. The van der Waals surface area contributed by atoms with Crippen molar-refractivity contribution in [3.8, 4) is 0 Å². The maximum atomic E-state index is 13.0. The Morgan fingerprint density at radius 1 is 1.28 bits per heavy atom. The average Bonchev–Trinajstić information content (AvgIpc) is 3.02. The summed E-state index contributed by atoms with van der Waals surface area (Å²) in [7, 11) is 1.94. The summed E-state index contributed by atoms with van der Waals surface area (Å²) in [6, 6.07) is 8.20. The molecule has 2 aromatic rings. The van der Waals surface area contributed by atoms with Gasteiger partial charge in [-0.25, -0.2) is 4.39 Å². The van der Waals surface area contributed by atoms with Crippen LogP contribution in [0.5, 0.6) is 0 Å². The molecule has 0 bridgehead atoms. The van der Waals surface area contributed by atoms with E-state index < -0.39 is 0 Å². The number of carbonyl (C=O) groups is 1. The predicted molar refractivity (Wildman–Crippen MR) is 94.6 cm³/mol. The lowest BCUT2D eigenvalue weighted by molar-refractivity contribution is -0.123. The first-order valence-corrected chi connectivity index (χ1v) is 8.78. The van der Waals surface area contributed by atoms with E-state index in [0.29, 0.717) is 12.5 Å². The number of hydrogen-bond acceptors (Lipinski definition) is 3. The molecule has 134 valence electrons. The number of hydrogen-bond donors (Lipinski definition) is 1. The van der Waals surface area contributed by atoms with Gasteiger partial charge in [0.15, 0.2) is 0 Å². The van der Waals surface area contributed by atoms with Crippen molar-refractivity contribution in [3.63, 3.8) is 0 Å². The lowest BCUT2D eigenvalue weighted by Gasteiger charge is -2.31. The molecule has 1 aromatic carbocycles. The highest BCUT2D eigenvalue weighted by atomic mass is 19.1. The van der Waals surface area contributed by atoms with Crippen molar-refractivity contribution < 1.29 is 9.18 Å². The highest BCUT2D eigenvalue weighted by Crippen LogP contribution is 2.26. The van der Waals surface area contributed by atoms with Gasteiger partial charge in [-0.1, -0.05) is 12.1 Å². The number of benzene rings is 1. The van der Waals surface area contributed by atoms with E-state index in [9.17, 15) is 9.18 Å². The van der Waals surface area contributed by atoms with Crippen LogP contribution in [0, 0.1) is 5.82 Å². The van der Waals surface area contributed by atoms with Crippen LogP contribution in [0.4, 0.5) is 4.39 Å². The van der Waals surface area contributed by atoms with E-state index in [1.807, 2.05) is 24.9 Å². The first-order valence-electron chi connectivity index (χ1n) is 8.78. The fourth-order valence-corrected chi connectivity index (χ4v) is 3.36. The quantitative estimate of drug-likeness (QED) is 0.907. The van der Waals surface area contributed by atoms with E-state index in [0.717, 1.165) is 37.2 Å².